The highest BCUT2D eigenvalue weighted by molar-refractivity contribution is 6.20. The summed E-state index contributed by atoms with van der Waals surface area (Å²) in [5.41, 5.74) is -0.0975. The first kappa shape index (κ1) is 15.1. The van der Waals surface area contributed by atoms with Gasteiger partial charge in [0.2, 0.25) is 11.8 Å². The van der Waals surface area contributed by atoms with Crippen molar-refractivity contribution < 1.29 is 14.3 Å². The standard InChI is InChI=1S/C18H23NO3/c1-5-22-13-8-6-12(7-9-13)19-15(20)14-10-11-18(4,16(19)21)17(14,2)3/h6-9,14H,5,10-11H2,1-4H3/t14-,18+/m1/s1. The Hall–Kier alpha value is -1.84. The van der Waals surface area contributed by atoms with Crippen LogP contribution in [0.4, 0.5) is 5.69 Å². The van der Waals surface area contributed by atoms with Gasteiger partial charge in [-0.15, -0.1) is 0 Å². The fourth-order valence-corrected chi connectivity index (χ4v) is 3.92. The minimum Gasteiger partial charge on any atom is -0.494 e. The van der Waals surface area contributed by atoms with Gasteiger partial charge >= 0.3 is 0 Å². The van der Waals surface area contributed by atoms with Crippen LogP contribution in [0, 0.1) is 16.7 Å². The molecule has 1 aliphatic carbocycles. The second-order valence-corrected chi connectivity index (χ2v) is 7.05. The van der Waals surface area contributed by atoms with Crippen molar-refractivity contribution in [3.63, 3.8) is 0 Å². The lowest BCUT2D eigenvalue weighted by atomic mass is 9.62. The Morgan fingerprint density at radius 3 is 2.41 bits per heavy atom. The molecule has 1 aromatic rings. The molecular formula is C18H23NO3. The molecule has 1 aromatic carbocycles. The van der Waals surface area contributed by atoms with Crippen LogP contribution in [0.3, 0.4) is 0 Å². The molecule has 4 nitrogen and oxygen atoms in total. The van der Waals surface area contributed by atoms with Gasteiger partial charge in [0.05, 0.1) is 17.7 Å². The van der Waals surface area contributed by atoms with E-state index in [2.05, 4.69) is 13.8 Å². The Labute approximate surface area is 131 Å². The molecule has 22 heavy (non-hydrogen) atoms. The SMILES string of the molecule is CCOc1ccc(N2C(=O)[C@H]3CC[C@@](C)(C2=O)C3(C)C)cc1. The number of rotatable bonds is 3. The van der Waals surface area contributed by atoms with Crippen LogP contribution in [0.15, 0.2) is 24.3 Å². The van der Waals surface area contributed by atoms with Crippen molar-refractivity contribution in [2.24, 2.45) is 16.7 Å². The smallest absolute Gasteiger partial charge is 0.240 e. The summed E-state index contributed by atoms with van der Waals surface area (Å²) < 4.78 is 5.42. The maximum Gasteiger partial charge on any atom is 0.240 e. The van der Waals surface area contributed by atoms with Crippen LogP contribution in [0.5, 0.6) is 5.75 Å². The van der Waals surface area contributed by atoms with Gasteiger partial charge in [0.25, 0.3) is 0 Å². The van der Waals surface area contributed by atoms with Crippen molar-refractivity contribution >= 4 is 17.5 Å². The molecule has 0 unspecified atom stereocenters. The summed E-state index contributed by atoms with van der Waals surface area (Å²) in [4.78, 5) is 27.2. The number of fused-ring (bicyclic) bond motifs is 2. The van der Waals surface area contributed by atoms with E-state index in [1.807, 2.05) is 26.0 Å². The van der Waals surface area contributed by atoms with Crippen LogP contribution in [-0.2, 0) is 9.59 Å². The largest absolute Gasteiger partial charge is 0.494 e. The Kier molecular flexibility index (Phi) is 3.31. The molecule has 2 bridgehead atoms. The van der Waals surface area contributed by atoms with Gasteiger partial charge < -0.3 is 4.74 Å². The number of hydrogen-bond acceptors (Lipinski definition) is 3. The van der Waals surface area contributed by atoms with Gasteiger partial charge in [-0.2, -0.15) is 0 Å². The van der Waals surface area contributed by atoms with Crippen molar-refractivity contribution in [1.29, 1.82) is 0 Å². The van der Waals surface area contributed by atoms with Gasteiger partial charge in [-0.1, -0.05) is 20.8 Å². The average molecular weight is 301 g/mol. The molecule has 2 amide bonds. The maximum atomic E-state index is 13.0. The van der Waals surface area contributed by atoms with Gasteiger partial charge in [-0.3, -0.25) is 9.59 Å². The van der Waals surface area contributed by atoms with Crippen molar-refractivity contribution in [2.75, 3.05) is 11.5 Å². The Morgan fingerprint density at radius 1 is 1.18 bits per heavy atom. The second kappa shape index (κ2) is 4.83. The van der Waals surface area contributed by atoms with E-state index in [9.17, 15) is 9.59 Å². The van der Waals surface area contributed by atoms with Crippen LogP contribution in [0.2, 0.25) is 0 Å². The zero-order chi connectivity index (χ0) is 16.1. The van der Waals surface area contributed by atoms with E-state index in [1.54, 1.807) is 12.1 Å². The predicted octanol–water partition coefficient (Wildman–Crippen LogP) is 3.40. The molecule has 1 saturated carbocycles. The van der Waals surface area contributed by atoms with E-state index in [4.69, 9.17) is 4.74 Å². The molecule has 3 rings (SSSR count). The van der Waals surface area contributed by atoms with Crippen LogP contribution < -0.4 is 9.64 Å². The first-order chi connectivity index (χ1) is 10.3. The van der Waals surface area contributed by atoms with E-state index in [0.29, 0.717) is 12.3 Å². The molecule has 1 saturated heterocycles. The molecule has 2 fully saturated rings. The van der Waals surface area contributed by atoms with E-state index < -0.39 is 5.41 Å². The monoisotopic (exact) mass is 301 g/mol. The zero-order valence-corrected chi connectivity index (χ0v) is 13.7. The lowest BCUT2D eigenvalue weighted by molar-refractivity contribution is -0.146. The number of hydrogen-bond donors (Lipinski definition) is 0. The Bertz CT molecular complexity index is 620. The lowest BCUT2D eigenvalue weighted by Gasteiger charge is -2.47. The molecule has 4 heteroatoms. The zero-order valence-electron chi connectivity index (χ0n) is 13.7. The topological polar surface area (TPSA) is 46.6 Å². The molecule has 1 aliphatic heterocycles. The number of piperidine rings is 1. The summed E-state index contributed by atoms with van der Waals surface area (Å²) >= 11 is 0. The number of nitrogens with zero attached hydrogens (tertiary/aromatic N) is 1. The second-order valence-electron chi connectivity index (χ2n) is 7.05. The first-order valence-electron chi connectivity index (χ1n) is 7.94. The lowest BCUT2D eigenvalue weighted by Crippen LogP contribution is -2.59. The van der Waals surface area contributed by atoms with Crippen molar-refractivity contribution in [3.05, 3.63) is 24.3 Å². The van der Waals surface area contributed by atoms with E-state index in [1.165, 1.54) is 4.90 Å². The minimum absolute atomic E-state index is 0.0610. The fourth-order valence-electron chi connectivity index (χ4n) is 3.92. The van der Waals surface area contributed by atoms with Crippen LogP contribution >= 0.6 is 0 Å². The normalized spacial score (nSPS) is 29.8. The summed E-state index contributed by atoms with van der Waals surface area (Å²) in [6.07, 6.45) is 1.57. The molecule has 2 atom stereocenters. The Balaban J connectivity index is 1.98. The van der Waals surface area contributed by atoms with Gasteiger partial charge in [0, 0.05) is 5.92 Å². The fraction of sp³-hybridized carbons (Fsp3) is 0.556. The summed E-state index contributed by atoms with van der Waals surface area (Å²) in [5, 5.41) is 0. The molecule has 0 N–H and O–H groups in total. The average Bonchev–Trinajstić information content (AvgIpc) is 2.65. The van der Waals surface area contributed by atoms with Gasteiger partial charge in [-0.25, -0.2) is 4.90 Å². The van der Waals surface area contributed by atoms with Crippen LogP contribution in [0.1, 0.15) is 40.5 Å². The number of imide groups is 1. The number of carbonyl (C=O) groups excluding carboxylic acids is 2. The molecule has 0 radical (unpaired) electrons. The number of amides is 2. The van der Waals surface area contributed by atoms with Gasteiger partial charge in [-0.05, 0) is 49.4 Å². The van der Waals surface area contributed by atoms with E-state index in [0.717, 1.165) is 18.6 Å². The van der Waals surface area contributed by atoms with Crippen LogP contribution in [-0.4, -0.2) is 18.4 Å². The van der Waals surface area contributed by atoms with Gasteiger partial charge in [0.1, 0.15) is 5.75 Å². The van der Waals surface area contributed by atoms with Crippen molar-refractivity contribution in [1.82, 2.24) is 0 Å². The minimum atomic E-state index is -0.468. The first-order valence-corrected chi connectivity index (χ1v) is 7.94. The summed E-state index contributed by atoms with van der Waals surface area (Å²) in [6.45, 7) is 8.62. The molecule has 1 heterocycles. The number of benzene rings is 1. The number of anilines is 1. The predicted molar refractivity (Wildman–Crippen MR) is 84.7 cm³/mol. The van der Waals surface area contributed by atoms with E-state index in [-0.39, 0.29) is 23.1 Å². The van der Waals surface area contributed by atoms with Crippen LogP contribution in [0.25, 0.3) is 0 Å². The van der Waals surface area contributed by atoms with Crippen molar-refractivity contribution in [2.45, 2.75) is 40.5 Å². The third-order valence-electron chi connectivity index (χ3n) is 5.83. The third-order valence-corrected chi connectivity index (χ3v) is 5.83. The summed E-state index contributed by atoms with van der Waals surface area (Å²) in [5.74, 6) is 0.536. The molecular weight excluding hydrogens is 278 g/mol. The van der Waals surface area contributed by atoms with Crippen molar-refractivity contribution in [3.8, 4) is 5.75 Å². The molecule has 118 valence electrons. The quantitative estimate of drug-likeness (QED) is 0.804. The molecule has 0 spiro atoms. The Morgan fingerprint density at radius 2 is 1.82 bits per heavy atom. The molecule has 0 aromatic heterocycles. The summed E-state index contributed by atoms with van der Waals surface area (Å²) in [6, 6.07) is 7.20. The van der Waals surface area contributed by atoms with Gasteiger partial charge in [0.15, 0.2) is 0 Å². The molecule has 2 aliphatic rings. The highest BCUT2D eigenvalue weighted by Gasteiger charge is 2.64. The number of carbonyl (C=O) groups is 2. The van der Waals surface area contributed by atoms with E-state index >= 15 is 0 Å². The summed E-state index contributed by atoms with van der Waals surface area (Å²) in [7, 11) is 0. The maximum absolute atomic E-state index is 13.0. The highest BCUT2D eigenvalue weighted by atomic mass is 16.5. The number of ether oxygens (including phenoxy) is 1. The third kappa shape index (κ3) is 1.82. The highest BCUT2D eigenvalue weighted by Crippen LogP contribution is 2.60.